The highest BCUT2D eigenvalue weighted by Gasteiger charge is 2.31. The topological polar surface area (TPSA) is 61.2 Å². The van der Waals surface area contributed by atoms with Crippen LogP contribution in [0.1, 0.15) is 12.8 Å². The SMILES string of the molecule is [N-]=[N+]=NC[C@@H]1CN2CCC[C@H]2CO1. The Hall–Kier alpha value is -0.770. The molecule has 72 valence electrons. The first-order valence-corrected chi connectivity index (χ1v) is 4.76. The molecule has 0 spiro atoms. The zero-order valence-electron chi connectivity index (χ0n) is 7.59. The number of azide groups is 1. The van der Waals surface area contributed by atoms with E-state index in [1.54, 1.807) is 0 Å². The predicted molar refractivity (Wildman–Crippen MR) is 48.3 cm³/mol. The van der Waals surface area contributed by atoms with Gasteiger partial charge in [0.1, 0.15) is 0 Å². The van der Waals surface area contributed by atoms with Gasteiger partial charge in [-0.15, -0.1) is 0 Å². The number of fused-ring (bicyclic) bond motifs is 1. The van der Waals surface area contributed by atoms with Crippen LogP contribution in [0.3, 0.4) is 0 Å². The number of nitrogens with zero attached hydrogens (tertiary/aromatic N) is 4. The van der Waals surface area contributed by atoms with Gasteiger partial charge in [0, 0.05) is 17.5 Å². The summed E-state index contributed by atoms with van der Waals surface area (Å²) in [6.07, 6.45) is 2.65. The van der Waals surface area contributed by atoms with Crippen molar-refractivity contribution in [3.8, 4) is 0 Å². The zero-order chi connectivity index (χ0) is 9.10. The van der Waals surface area contributed by atoms with Crippen molar-refractivity contribution >= 4 is 0 Å². The minimum atomic E-state index is 0.116. The van der Waals surface area contributed by atoms with Crippen LogP contribution in [0.15, 0.2) is 5.11 Å². The molecule has 0 saturated carbocycles. The first-order valence-electron chi connectivity index (χ1n) is 4.76. The summed E-state index contributed by atoms with van der Waals surface area (Å²) >= 11 is 0. The lowest BCUT2D eigenvalue weighted by Gasteiger charge is -2.34. The van der Waals surface area contributed by atoms with E-state index in [0.717, 1.165) is 13.2 Å². The molecule has 2 rings (SSSR count). The van der Waals surface area contributed by atoms with Crippen molar-refractivity contribution in [3.05, 3.63) is 10.4 Å². The second-order valence-electron chi connectivity index (χ2n) is 3.66. The highest BCUT2D eigenvalue weighted by atomic mass is 16.5. The van der Waals surface area contributed by atoms with Gasteiger partial charge in [0.05, 0.1) is 19.3 Å². The third kappa shape index (κ3) is 1.94. The lowest BCUT2D eigenvalue weighted by molar-refractivity contribution is -0.0433. The molecule has 2 saturated heterocycles. The molecule has 2 atom stereocenters. The van der Waals surface area contributed by atoms with E-state index in [4.69, 9.17) is 10.3 Å². The number of hydrogen-bond donors (Lipinski definition) is 0. The third-order valence-corrected chi connectivity index (χ3v) is 2.81. The van der Waals surface area contributed by atoms with Crippen molar-refractivity contribution in [3.63, 3.8) is 0 Å². The van der Waals surface area contributed by atoms with E-state index in [2.05, 4.69) is 14.9 Å². The van der Waals surface area contributed by atoms with Crippen LogP contribution in [0, 0.1) is 0 Å². The van der Waals surface area contributed by atoms with Gasteiger partial charge in [-0.2, -0.15) is 0 Å². The van der Waals surface area contributed by atoms with Gasteiger partial charge < -0.3 is 4.74 Å². The lowest BCUT2D eigenvalue weighted by atomic mass is 10.2. The minimum absolute atomic E-state index is 0.116. The average molecular weight is 182 g/mol. The molecule has 13 heavy (non-hydrogen) atoms. The Morgan fingerprint density at radius 3 is 3.38 bits per heavy atom. The summed E-state index contributed by atoms with van der Waals surface area (Å²) in [7, 11) is 0. The average Bonchev–Trinajstić information content (AvgIpc) is 2.61. The van der Waals surface area contributed by atoms with Crippen LogP contribution < -0.4 is 0 Å². The van der Waals surface area contributed by atoms with Crippen LogP contribution in [0.2, 0.25) is 0 Å². The minimum Gasteiger partial charge on any atom is -0.375 e. The smallest absolute Gasteiger partial charge is 0.0759 e. The van der Waals surface area contributed by atoms with Crippen LogP contribution in [-0.4, -0.2) is 43.3 Å². The van der Waals surface area contributed by atoms with E-state index in [1.807, 2.05) is 0 Å². The molecule has 5 nitrogen and oxygen atoms in total. The van der Waals surface area contributed by atoms with Crippen molar-refractivity contribution in [2.45, 2.75) is 25.0 Å². The van der Waals surface area contributed by atoms with E-state index in [0.29, 0.717) is 12.6 Å². The molecule has 0 aliphatic carbocycles. The Labute approximate surface area is 77.3 Å². The van der Waals surface area contributed by atoms with Crippen molar-refractivity contribution < 1.29 is 4.74 Å². The van der Waals surface area contributed by atoms with Crippen LogP contribution in [-0.2, 0) is 4.74 Å². The van der Waals surface area contributed by atoms with E-state index in [1.165, 1.54) is 19.4 Å². The molecular weight excluding hydrogens is 168 g/mol. The largest absolute Gasteiger partial charge is 0.375 e. The molecule has 0 amide bonds. The molecule has 0 aromatic rings. The second kappa shape index (κ2) is 3.96. The number of morpholine rings is 1. The van der Waals surface area contributed by atoms with Gasteiger partial charge in [-0.1, -0.05) is 5.11 Å². The fraction of sp³-hybridized carbons (Fsp3) is 1.00. The summed E-state index contributed by atoms with van der Waals surface area (Å²) < 4.78 is 5.59. The molecule has 0 aromatic heterocycles. The van der Waals surface area contributed by atoms with Gasteiger partial charge in [0.25, 0.3) is 0 Å². The molecule has 5 heteroatoms. The lowest BCUT2D eigenvalue weighted by Crippen LogP contribution is -2.47. The Morgan fingerprint density at radius 1 is 1.62 bits per heavy atom. The standard InChI is InChI=1S/C8H14N4O/c9-11-10-4-8-5-12-3-1-2-7(12)6-13-8/h7-8H,1-6H2/t7-,8+/m0/s1. The van der Waals surface area contributed by atoms with Crippen LogP contribution in [0.5, 0.6) is 0 Å². The van der Waals surface area contributed by atoms with Crippen molar-refractivity contribution in [1.29, 1.82) is 0 Å². The molecular formula is C8H14N4O. The van der Waals surface area contributed by atoms with Crippen LogP contribution >= 0.6 is 0 Å². The Bertz CT molecular complexity index is 226. The maximum absolute atomic E-state index is 8.17. The highest BCUT2D eigenvalue weighted by Crippen LogP contribution is 2.22. The Morgan fingerprint density at radius 2 is 2.54 bits per heavy atom. The monoisotopic (exact) mass is 182 g/mol. The van der Waals surface area contributed by atoms with Gasteiger partial charge in [-0.3, -0.25) is 4.90 Å². The van der Waals surface area contributed by atoms with Crippen LogP contribution in [0.4, 0.5) is 0 Å². The summed E-state index contributed by atoms with van der Waals surface area (Å²) in [6.45, 7) is 3.40. The summed E-state index contributed by atoms with van der Waals surface area (Å²) in [5.41, 5.74) is 8.17. The molecule has 0 N–H and O–H groups in total. The maximum atomic E-state index is 8.17. The third-order valence-electron chi connectivity index (χ3n) is 2.81. The first-order chi connectivity index (χ1) is 6.40. The second-order valence-corrected chi connectivity index (χ2v) is 3.66. The van der Waals surface area contributed by atoms with Gasteiger partial charge >= 0.3 is 0 Å². The molecule has 0 radical (unpaired) electrons. The molecule has 0 unspecified atom stereocenters. The summed E-state index contributed by atoms with van der Waals surface area (Å²) in [5, 5.41) is 3.54. The quantitative estimate of drug-likeness (QED) is 0.365. The fourth-order valence-electron chi connectivity index (χ4n) is 2.12. The fourth-order valence-corrected chi connectivity index (χ4v) is 2.12. The first kappa shape index (κ1) is 8.81. The summed E-state index contributed by atoms with van der Waals surface area (Å²) in [4.78, 5) is 5.19. The molecule has 2 aliphatic heterocycles. The number of rotatable bonds is 2. The molecule has 0 bridgehead atoms. The summed E-state index contributed by atoms with van der Waals surface area (Å²) in [5.74, 6) is 0. The highest BCUT2D eigenvalue weighted by molar-refractivity contribution is 4.85. The zero-order valence-corrected chi connectivity index (χ0v) is 7.59. The van der Waals surface area contributed by atoms with Crippen molar-refractivity contribution in [2.24, 2.45) is 5.11 Å². The van der Waals surface area contributed by atoms with Crippen LogP contribution in [0.25, 0.3) is 10.4 Å². The van der Waals surface area contributed by atoms with Gasteiger partial charge in [0.15, 0.2) is 0 Å². The molecule has 2 aliphatic rings. The van der Waals surface area contributed by atoms with Crippen molar-refractivity contribution in [1.82, 2.24) is 4.90 Å². The molecule has 2 heterocycles. The normalized spacial score (nSPS) is 33.8. The van der Waals surface area contributed by atoms with E-state index in [9.17, 15) is 0 Å². The van der Waals surface area contributed by atoms with Crippen molar-refractivity contribution in [2.75, 3.05) is 26.2 Å². The van der Waals surface area contributed by atoms with E-state index in [-0.39, 0.29) is 6.10 Å². The van der Waals surface area contributed by atoms with E-state index < -0.39 is 0 Å². The Balaban J connectivity index is 1.86. The van der Waals surface area contributed by atoms with Gasteiger partial charge in [-0.05, 0) is 24.9 Å². The molecule has 0 aromatic carbocycles. The predicted octanol–water partition coefficient (Wildman–Crippen LogP) is 1.16. The Kier molecular flexibility index (Phi) is 2.68. The maximum Gasteiger partial charge on any atom is 0.0759 e. The summed E-state index contributed by atoms with van der Waals surface area (Å²) in [6, 6.07) is 0.627. The number of ether oxygens (including phenoxy) is 1. The van der Waals surface area contributed by atoms with Gasteiger partial charge in [-0.25, -0.2) is 0 Å². The molecule has 2 fully saturated rings. The van der Waals surface area contributed by atoms with Gasteiger partial charge in [0.2, 0.25) is 0 Å². The number of hydrogen-bond acceptors (Lipinski definition) is 3. The van der Waals surface area contributed by atoms with E-state index >= 15 is 0 Å².